The van der Waals surface area contributed by atoms with Crippen LogP contribution in [-0.2, 0) is 21.3 Å². The SMILES string of the molecule is O=S1(=O)Cc2ccc(N=Cc3c(O)[nH]c4ccc5ncsc5c34)cc2C1. The van der Waals surface area contributed by atoms with E-state index in [1.54, 1.807) is 23.9 Å². The number of hydrogen-bond donors (Lipinski definition) is 2. The summed E-state index contributed by atoms with van der Waals surface area (Å²) in [7, 11) is -3.04. The number of rotatable bonds is 2. The van der Waals surface area contributed by atoms with Gasteiger partial charge in [-0.15, -0.1) is 11.3 Å². The van der Waals surface area contributed by atoms with Gasteiger partial charge in [0.1, 0.15) is 0 Å². The topological polar surface area (TPSA) is 95.4 Å². The Labute approximate surface area is 152 Å². The molecule has 4 aromatic rings. The van der Waals surface area contributed by atoms with Gasteiger partial charge in [0.05, 0.1) is 44.0 Å². The zero-order chi connectivity index (χ0) is 17.9. The highest BCUT2D eigenvalue weighted by Gasteiger charge is 2.24. The fourth-order valence-electron chi connectivity index (χ4n) is 3.37. The molecule has 0 radical (unpaired) electrons. The number of aromatic nitrogens is 2. The molecule has 1 aliphatic heterocycles. The Bertz CT molecular complexity index is 1320. The van der Waals surface area contributed by atoms with Crippen molar-refractivity contribution in [1.82, 2.24) is 9.97 Å². The van der Waals surface area contributed by atoms with Gasteiger partial charge in [-0.25, -0.2) is 13.4 Å². The maximum absolute atomic E-state index is 11.8. The van der Waals surface area contributed by atoms with Crippen LogP contribution in [0.15, 0.2) is 40.8 Å². The third-order valence-corrected chi connectivity index (χ3v) is 6.92. The second-order valence-corrected chi connectivity index (χ2v) is 9.24. The molecule has 6 nitrogen and oxygen atoms in total. The van der Waals surface area contributed by atoms with Crippen molar-refractivity contribution in [2.24, 2.45) is 4.99 Å². The molecule has 0 unspecified atom stereocenters. The number of sulfone groups is 1. The van der Waals surface area contributed by atoms with Crippen molar-refractivity contribution in [2.75, 3.05) is 0 Å². The van der Waals surface area contributed by atoms with Gasteiger partial charge in [0.25, 0.3) is 0 Å². The van der Waals surface area contributed by atoms with Crippen LogP contribution in [0.4, 0.5) is 5.69 Å². The van der Waals surface area contributed by atoms with Crippen LogP contribution in [-0.4, -0.2) is 29.7 Å². The molecule has 2 aromatic carbocycles. The lowest BCUT2D eigenvalue weighted by Crippen LogP contribution is -1.95. The highest BCUT2D eigenvalue weighted by molar-refractivity contribution is 7.90. The van der Waals surface area contributed by atoms with E-state index in [0.717, 1.165) is 32.2 Å². The summed E-state index contributed by atoms with van der Waals surface area (Å²) >= 11 is 1.51. The second-order valence-electron chi connectivity index (χ2n) is 6.32. The number of aliphatic imine (C=N–C) groups is 1. The van der Waals surface area contributed by atoms with E-state index in [1.165, 1.54) is 11.3 Å². The normalized spacial score (nSPS) is 16.0. The number of aromatic amines is 1. The van der Waals surface area contributed by atoms with Crippen molar-refractivity contribution in [3.05, 3.63) is 52.5 Å². The number of thiazole rings is 1. The smallest absolute Gasteiger partial charge is 0.198 e. The average molecular weight is 383 g/mol. The quantitative estimate of drug-likeness (QED) is 0.516. The zero-order valence-corrected chi connectivity index (χ0v) is 15.1. The molecule has 0 saturated carbocycles. The number of hydrogen-bond acceptors (Lipinski definition) is 6. The van der Waals surface area contributed by atoms with Crippen molar-refractivity contribution in [3.63, 3.8) is 0 Å². The minimum Gasteiger partial charge on any atom is -0.494 e. The Morgan fingerprint density at radius 3 is 2.92 bits per heavy atom. The Morgan fingerprint density at radius 1 is 1.19 bits per heavy atom. The molecule has 26 heavy (non-hydrogen) atoms. The van der Waals surface area contributed by atoms with E-state index >= 15 is 0 Å². The fraction of sp³-hybridized carbons (Fsp3) is 0.111. The van der Waals surface area contributed by atoms with Crippen molar-refractivity contribution in [3.8, 4) is 5.88 Å². The first kappa shape index (κ1) is 15.5. The number of nitrogens with one attached hydrogen (secondary N) is 1. The number of benzene rings is 2. The van der Waals surface area contributed by atoms with Crippen molar-refractivity contribution >= 4 is 54.2 Å². The van der Waals surface area contributed by atoms with Gasteiger partial charge in [0.15, 0.2) is 15.7 Å². The van der Waals surface area contributed by atoms with Crippen LogP contribution in [0.5, 0.6) is 5.88 Å². The van der Waals surface area contributed by atoms with Gasteiger partial charge in [-0.1, -0.05) is 6.07 Å². The van der Waals surface area contributed by atoms with Crippen LogP contribution in [0.25, 0.3) is 21.1 Å². The zero-order valence-electron chi connectivity index (χ0n) is 13.4. The molecule has 5 rings (SSSR count). The van der Waals surface area contributed by atoms with Crippen LogP contribution in [0.3, 0.4) is 0 Å². The Kier molecular flexibility index (Phi) is 3.22. The summed E-state index contributed by atoms with van der Waals surface area (Å²) in [5.41, 5.74) is 6.36. The molecule has 2 aromatic heterocycles. The second kappa shape index (κ2) is 5.39. The molecule has 0 amide bonds. The Balaban J connectivity index is 1.60. The third-order valence-electron chi connectivity index (χ3n) is 4.56. The van der Waals surface area contributed by atoms with Crippen LogP contribution < -0.4 is 0 Å². The highest BCUT2D eigenvalue weighted by atomic mass is 32.2. The number of H-pyrrole nitrogens is 1. The molecule has 2 N–H and O–H groups in total. The van der Waals surface area contributed by atoms with Crippen LogP contribution in [0, 0.1) is 0 Å². The van der Waals surface area contributed by atoms with Gasteiger partial charge in [-0.05, 0) is 35.4 Å². The van der Waals surface area contributed by atoms with Crippen LogP contribution in [0.1, 0.15) is 16.7 Å². The van der Waals surface area contributed by atoms with E-state index in [9.17, 15) is 13.5 Å². The molecule has 130 valence electrons. The van der Waals surface area contributed by atoms with E-state index in [1.807, 2.05) is 18.2 Å². The molecular formula is C18H13N3O3S2. The third kappa shape index (κ3) is 2.41. The lowest BCUT2D eigenvalue weighted by molar-refractivity contribution is 0.457. The van der Waals surface area contributed by atoms with E-state index in [0.29, 0.717) is 11.3 Å². The highest BCUT2D eigenvalue weighted by Crippen LogP contribution is 2.35. The molecule has 0 fully saturated rings. The minimum atomic E-state index is -3.04. The van der Waals surface area contributed by atoms with E-state index in [4.69, 9.17) is 0 Å². The van der Waals surface area contributed by atoms with Crippen molar-refractivity contribution in [2.45, 2.75) is 11.5 Å². The lowest BCUT2D eigenvalue weighted by atomic mass is 10.1. The van der Waals surface area contributed by atoms with Gasteiger partial charge in [-0.3, -0.25) is 4.99 Å². The molecule has 0 bridgehead atoms. The van der Waals surface area contributed by atoms with Crippen molar-refractivity contribution < 1.29 is 13.5 Å². The fourth-order valence-corrected chi connectivity index (χ4v) is 5.82. The predicted molar refractivity (Wildman–Crippen MR) is 103 cm³/mol. The molecule has 0 saturated heterocycles. The molecule has 8 heteroatoms. The maximum Gasteiger partial charge on any atom is 0.198 e. The molecule has 0 spiro atoms. The maximum atomic E-state index is 11.8. The monoisotopic (exact) mass is 383 g/mol. The van der Waals surface area contributed by atoms with E-state index in [-0.39, 0.29) is 17.4 Å². The summed E-state index contributed by atoms with van der Waals surface area (Å²) in [6, 6.07) is 9.19. The number of fused-ring (bicyclic) bond motifs is 4. The Hall–Kier alpha value is -2.71. The van der Waals surface area contributed by atoms with Gasteiger partial charge in [0, 0.05) is 11.6 Å². The number of nitrogens with zero attached hydrogens (tertiary/aromatic N) is 2. The van der Waals surface area contributed by atoms with E-state index in [2.05, 4.69) is 15.0 Å². The Morgan fingerprint density at radius 2 is 2.04 bits per heavy atom. The first-order valence-electron chi connectivity index (χ1n) is 7.93. The summed E-state index contributed by atoms with van der Waals surface area (Å²) in [6.45, 7) is 0. The predicted octanol–water partition coefficient (Wildman–Crippen LogP) is 3.66. The summed E-state index contributed by atoms with van der Waals surface area (Å²) < 4.78 is 24.5. The van der Waals surface area contributed by atoms with Crippen molar-refractivity contribution in [1.29, 1.82) is 0 Å². The molecule has 3 heterocycles. The summed E-state index contributed by atoms with van der Waals surface area (Å²) in [5, 5.41) is 11.2. The molecule has 1 aliphatic rings. The first-order chi connectivity index (χ1) is 12.5. The minimum absolute atomic E-state index is 0.0494. The van der Waals surface area contributed by atoms with E-state index < -0.39 is 9.84 Å². The largest absolute Gasteiger partial charge is 0.494 e. The average Bonchev–Trinajstić information content (AvgIpc) is 3.25. The van der Waals surface area contributed by atoms with Gasteiger partial charge < -0.3 is 10.1 Å². The van der Waals surface area contributed by atoms with Gasteiger partial charge in [-0.2, -0.15) is 0 Å². The van der Waals surface area contributed by atoms with Crippen LogP contribution in [0.2, 0.25) is 0 Å². The molecule has 0 aliphatic carbocycles. The first-order valence-corrected chi connectivity index (χ1v) is 10.6. The summed E-state index contributed by atoms with van der Waals surface area (Å²) in [6.07, 6.45) is 1.61. The standard InChI is InChI=1S/C18H13N3O3S2/c22-18-13(16-14(21-18)3-4-15-17(16)25-9-20-15)6-19-12-2-1-10-7-26(23,24)8-11(10)5-12/h1-6,9,21-22H,7-8H2. The summed E-state index contributed by atoms with van der Waals surface area (Å²) in [5.74, 6) is 0.207. The molecule has 0 atom stereocenters. The van der Waals surface area contributed by atoms with Gasteiger partial charge in [0.2, 0.25) is 0 Å². The molecular weight excluding hydrogens is 370 g/mol. The summed E-state index contributed by atoms with van der Waals surface area (Å²) in [4.78, 5) is 11.7. The van der Waals surface area contributed by atoms with Crippen LogP contribution >= 0.6 is 11.3 Å². The lowest BCUT2D eigenvalue weighted by Gasteiger charge is -1.99. The number of aromatic hydroxyl groups is 1. The van der Waals surface area contributed by atoms with Gasteiger partial charge >= 0.3 is 0 Å².